The van der Waals surface area contributed by atoms with Crippen molar-refractivity contribution in [1.82, 2.24) is 10.3 Å². The Balaban J connectivity index is 2.14. The predicted octanol–water partition coefficient (Wildman–Crippen LogP) is 2.03. The van der Waals surface area contributed by atoms with E-state index < -0.39 is 0 Å². The van der Waals surface area contributed by atoms with Crippen LogP contribution in [-0.4, -0.2) is 29.7 Å². The summed E-state index contributed by atoms with van der Waals surface area (Å²) in [6, 6.07) is 3.86. The highest BCUT2D eigenvalue weighted by molar-refractivity contribution is 5.51. The lowest BCUT2D eigenvalue weighted by Gasteiger charge is -2.26. The van der Waals surface area contributed by atoms with Gasteiger partial charge in [0.1, 0.15) is 0 Å². The molecule has 17 heavy (non-hydrogen) atoms. The van der Waals surface area contributed by atoms with Crippen LogP contribution in [0.25, 0.3) is 0 Å². The van der Waals surface area contributed by atoms with E-state index in [0.717, 1.165) is 31.1 Å². The number of hydrogen-bond acceptors (Lipinski definition) is 4. The van der Waals surface area contributed by atoms with Crippen molar-refractivity contribution in [3.8, 4) is 5.75 Å². The van der Waals surface area contributed by atoms with Crippen LogP contribution in [0.15, 0.2) is 18.3 Å². The summed E-state index contributed by atoms with van der Waals surface area (Å²) in [5.41, 5.74) is 0.0729. The van der Waals surface area contributed by atoms with Crippen LogP contribution < -0.4 is 15.4 Å². The first-order chi connectivity index (χ1) is 8.09. The van der Waals surface area contributed by atoms with Gasteiger partial charge in [-0.1, -0.05) is 0 Å². The molecule has 0 radical (unpaired) electrons. The number of pyridine rings is 1. The van der Waals surface area contributed by atoms with Crippen molar-refractivity contribution < 1.29 is 4.74 Å². The largest absolute Gasteiger partial charge is 0.487 e. The van der Waals surface area contributed by atoms with E-state index in [1.54, 1.807) is 6.20 Å². The van der Waals surface area contributed by atoms with Crippen LogP contribution in [0.3, 0.4) is 0 Å². The molecule has 1 saturated heterocycles. The van der Waals surface area contributed by atoms with Crippen molar-refractivity contribution >= 4 is 5.82 Å². The highest BCUT2D eigenvalue weighted by atomic mass is 16.5. The van der Waals surface area contributed by atoms with E-state index in [4.69, 9.17) is 4.74 Å². The Kier molecular flexibility index (Phi) is 3.52. The number of nitrogens with zero attached hydrogens (tertiary/aromatic N) is 1. The molecule has 2 N–H and O–H groups in total. The fourth-order valence-electron chi connectivity index (χ4n) is 2.04. The van der Waals surface area contributed by atoms with Gasteiger partial charge in [-0.2, -0.15) is 0 Å². The third-order valence-electron chi connectivity index (χ3n) is 2.92. The number of anilines is 1. The lowest BCUT2D eigenvalue weighted by Crippen LogP contribution is -2.37. The van der Waals surface area contributed by atoms with E-state index >= 15 is 0 Å². The summed E-state index contributed by atoms with van der Waals surface area (Å²) in [4.78, 5) is 4.38. The van der Waals surface area contributed by atoms with E-state index in [0.29, 0.717) is 0 Å². The summed E-state index contributed by atoms with van der Waals surface area (Å²) >= 11 is 0. The Bertz CT molecular complexity index is 373. The van der Waals surface area contributed by atoms with E-state index in [-0.39, 0.29) is 11.6 Å². The van der Waals surface area contributed by atoms with Crippen LogP contribution in [0.4, 0.5) is 5.82 Å². The number of aromatic nitrogens is 1. The molecule has 1 atom stereocenters. The molecule has 4 heteroatoms. The zero-order valence-electron chi connectivity index (χ0n) is 10.8. The summed E-state index contributed by atoms with van der Waals surface area (Å²) < 4.78 is 5.76. The highest BCUT2D eigenvalue weighted by Crippen LogP contribution is 2.27. The maximum Gasteiger partial charge on any atom is 0.169 e. The standard InChI is InChI=1S/C13H21N3O/c1-10(2)17-11-5-4-7-15-12(11)16-13(3)6-8-14-9-13/h4-5,7,10,14H,6,8-9H2,1-3H3,(H,15,16). The SMILES string of the molecule is CC(C)Oc1cccnc1NC1(C)CCNC1. The lowest BCUT2D eigenvalue weighted by molar-refractivity contribution is 0.242. The molecule has 2 rings (SSSR count). The van der Waals surface area contributed by atoms with Gasteiger partial charge in [-0.05, 0) is 45.9 Å². The Hall–Kier alpha value is -1.29. The number of ether oxygens (including phenoxy) is 1. The number of nitrogens with one attached hydrogen (secondary N) is 2. The summed E-state index contributed by atoms with van der Waals surface area (Å²) in [5.74, 6) is 1.67. The normalized spacial score (nSPS) is 24.0. The first-order valence-corrected chi connectivity index (χ1v) is 6.20. The maximum absolute atomic E-state index is 5.76. The minimum absolute atomic E-state index is 0.0729. The minimum atomic E-state index is 0.0729. The molecule has 0 spiro atoms. The summed E-state index contributed by atoms with van der Waals surface area (Å²) in [7, 11) is 0. The molecular weight excluding hydrogens is 214 g/mol. The van der Waals surface area contributed by atoms with Crippen molar-refractivity contribution in [2.75, 3.05) is 18.4 Å². The van der Waals surface area contributed by atoms with Crippen LogP contribution in [0.2, 0.25) is 0 Å². The molecule has 1 aromatic heterocycles. The Morgan fingerprint density at radius 3 is 3.00 bits per heavy atom. The highest BCUT2D eigenvalue weighted by Gasteiger charge is 2.29. The van der Waals surface area contributed by atoms with Crippen molar-refractivity contribution in [3.05, 3.63) is 18.3 Å². The van der Waals surface area contributed by atoms with Gasteiger partial charge in [0, 0.05) is 18.3 Å². The molecular formula is C13H21N3O. The van der Waals surface area contributed by atoms with E-state index in [2.05, 4.69) is 22.5 Å². The summed E-state index contributed by atoms with van der Waals surface area (Å²) in [6.07, 6.45) is 3.06. The van der Waals surface area contributed by atoms with Gasteiger partial charge in [-0.15, -0.1) is 0 Å². The van der Waals surface area contributed by atoms with Crippen molar-refractivity contribution in [2.45, 2.75) is 38.8 Å². The fraction of sp³-hybridized carbons (Fsp3) is 0.615. The molecule has 94 valence electrons. The van der Waals surface area contributed by atoms with Gasteiger partial charge < -0.3 is 15.4 Å². The topological polar surface area (TPSA) is 46.2 Å². The Morgan fingerprint density at radius 2 is 2.35 bits per heavy atom. The van der Waals surface area contributed by atoms with E-state index in [1.165, 1.54) is 0 Å². The summed E-state index contributed by atoms with van der Waals surface area (Å²) in [5, 5.41) is 6.85. The second kappa shape index (κ2) is 4.92. The van der Waals surface area contributed by atoms with Gasteiger partial charge in [0.15, 0.2) is 11.6 Å². The molecule has 4 nitrogen and oxygen atoms in total. The van der Waals surface area contributed by atoms with Crippen LogP contribution in [0.1, 0.15) is 27.2 Å². The van der Waals surface area contributed by atoms with E-state index in [1.807, 2.05) is 26.0 Å². The molecule has 1 unspecified atom stereocenters. The average Bonchev–Trinajstić information content (AvgIpc) is 2.67. The zero-order chi connectivity index (χ0) is 12.3. The van der Waals surface area contributed by atoms with Crippen LogP contribution in [0, 0.1) is 0 Å². The van der Waals surface area contributed by atoms with Crippen LogP contribution in [-0.2, 0) is 0 Å². The zero-order valence-corrected chi connectivity index (χ0v) is 10.8. The van der Waals surface area contributed by atoms with Crippen molar-refractivity contribution in [3.63, 3.8) is 0 Å². The van der Waals surface area contributed by atoms with Crippen LogP contribution in [0.5, 0.6) is 5.75 Å². The molecule has 0 amide bonds. The second-order valence-corrected chi connectivity index (χ2v) is 5.13. The van der Waals surface area contributed by atoms with E-state index in [9.17, 15) is 0 Å². The van der Waals surface area contributed by atoms with Gasteiger partial charge in [0.25, 0.3) is 0 Å². The first kappa shape index (κ1) is 12.2. The maximum atomic E-state index is 5.76. The molecule has 0 bridgehead atoms. The first-order valence-electron chi connectivity index (χ1n) is 6.20. The minimum Gasteiger partial charge on any atom is -0.487 e. The average molecular weight is 235 g/mol. The quantitative estimate of drug-likeness (QED) is 0.838. The van der Waals surface area contributed by atoms with Crippen molar-refractivity contribution in [1.29, 1.82) is 0 Å². The Labute approximate surface area is 103 Å². The molecule has 1 aliphatic heterocycles. The number of rotatable bonds is 4. The van der Waals surface area contributed by atoms with Crippen LogP contribution >= 0.6 is 0 Å². The molecule has 0 aliphatic carbocycles. The molecule has 1 fully saturated rings. The monoisotopic (exact) mass is 235 g/mol. The molecule has 1 aromatic rings. The predicted molar refractivity (Wildman–Crippen MR) is 69.5 cm³/mol. The van der Waals surface area contributed by atoms with Gasteiger partial charge in [0.05, 0.1) is 6.10 Å². The molecule has 2 heterocycles. The molecule has 1 aliphatic rings. The molecule has 0 aromatic carbocycles. The fourth-order valence-corrected chi connectivity index (χ4v) is 2.04. The lowest BCUT2D eigenvalue weighted by atomic mass is 10.0. The third-order valence-corrected chi connectivity index (χ3v) is 2.92. The van der Waals surface area contributed by atoms with Gasteiger partial charge in [-0.25, -0.2) is 4.98 Å². The van der Waals surface area contributed by atoms with Gasteiger partial charge in [-0.3, -0.25) is 0 Å². The van der Waals surface area contributed by atoms with Crippen molar-refractivity contribution in [2.24, 2.45) is 0 Å². The smallest absolute Gasteiger partial charge is 0.169 e. The third kappa shape index (κ3) is 3.09. The summed E-state index contributed by atoms with van der Waals surface area (Å²) in [6.45, 7) is 8.27. The Morgan fingerprint density at radius 1 is 1.53 bits per heavy atom. The van der Waals surface area contributed by atoms with Gasteiger partial charge >= 0.3 is 0 Å². The molecule has 0 saturated carbocycles. The second-order valence-electron chi connectivity index (χ2n) is 5.13. The van der Waals surface area contributed by atoms with Gasteiger partial charge in [0.2, 0.25) is 0 Å². The number of hydrogen-bond donors (Lipinski definition) is 2.